The third kappa shape index (κ3) is 2.01. The summed E-state index contributed by atoms with van der Waals surface area (Å²) in [5, 5.41) is 3.14. The number of nitrogens with zero attached hydrogens (tertiary/aromatic N) is 2. The minimum Gasteiger partial charge on any atom is -0.497 e. The van der Waals surface area contributed by atoms with E-state index in [4.69, 9.17) is 4.74 Å². The van der Waals surface area contributed by atoms with Crippen molar-refractivity contribution in [2.75, 3.05) is 19.5 Å². The number of fused-ring (bicyclic) bond motifs is 1. The molecule has 4 nitrogen and oxygen atoms in total. The van der Waals surface area contributed by atoms with Crippen molar-refractivity contribution in [1.29, 1.82) is 0 Å². The van der Waals surface area contributed by atoms with Crippen LogP contribution >= 0.6 is 0 Å². The Bertz CT molecular complexity index is 718. The number of hydrogen-bond donors (Lipinski definition) is 1. The highest BCUT2D eigenvalue weighted by Crippen LogP contribution is 2.24. The van der Waals surface area contributed by atoms with Crippen molar-refractivity contribution in [3.63, 3.8) is 0 Å². The lowest BCUT2D eigenvalue weighted by Gasteiger charge is -2.06. The summed E-state index contributed by atoms with van der Waals surface area (Å²) in [6.45, 7) is 0. The minimum absolute atomic E-state index is 0.832. The Hall–Kier alpha value is -2.49. The van der Waals surface area contributed by atoms with E-state index in [2.05, 4.69) is 14.7 Å². The highest BCUT2D eigenvalue weighted by Gasteiger charge is 2.07. The van der Waals surface area contributed by atoms with Gasteiger partial charge in [0, 0.05) is 18.8 Å². The van der Waals surface area contributed by atoms with E-state index >= 15 is 0 Å². The average molecular weight is 253 g/mol. The maximum absolute atomic E-state index is 5.26. The molecule has 0 aliphatic carbocycles. The lowest BCUT2D eigenvalue weighted by molar-refractivity contribution is 0.415. The molecule has 0 atom stereocenters. The van der Waals surface area contributed by atoms with Crippen LogP contribution in [0.1, 0.15) is 0 Å². The SMILES string of the molecule is CNc1ccc2cnc(-c3cccc(OC)c3)n2c1. The summed E-state index contributed by atoms with van der Waals surface area (Å²) in [5.41, 5.74) is 3.15. The average Bonchev–Trinajstić information content (AvgIpc) is 2.90. The molecule has 0 spiro atoms. The summed E-state index contributed by atoms with van der Waals surface area (Å²) >= 11 is 0. The third-order valence-electron chi connectivity index (χ3n) is 3.14. The Morgan fingerprint density at radius 2 is 2.11 bits per heavy atom. The van der Waals surface area contributed by atoms with E-state index in [1.54, 1.807) is 7.11 Å². The van der Waals surface area contributed by atoms with Gasteiger partial charge in [-0.15, -0.1) is 0 Å². The zero-order chi connectivity index (χ0) is 13.2. The molecule has 3 rings (SSSR count). The Labute approximate surface area is 111 Å². The molecule has 0 fully saturated rings. The van der Waals surface area contributed by atoms with Crippen LogP contribution in [0.2, 0.25) is 0 Å². The van der Waals surface area contributed by atoms with Gasteiger partial charge in [0.15, 0.2) is 0 Å². The first-order chi connectivity index (χ1) is 9.31. The minimum atomic E-state index is 0.832. The van der Waals surface area contributed by atoms with Crippen molar-refractivity contribution < 1.29 is 4.74 Å². The smallest absolute Gasteiger partial charge is 0.144 e. The number of anilines is 1. The van der Waals surface area contributed by atoms with E-state index in [0.717, 1.165) is 28.3 Å². The highest BCUT2D eigenvalue weighted by atomic mass is 16.5. The van der Waals surface area contributed by atoms with E-state index in [-0.39, 0.29) is 0 Å². The summed E-state index contributed by atoms with van der Waals surface area (Å²) in [6, 6.07) is 12.0. The van der Waals surface area contributed by atoms with Crippen LogP contribution in [0.15, 0.2) is 48.8 Å². The van der Waals surface area contributed by atoms with Gasteiger partial charge in [0.25, 0.3) is 0 Å². The first-order valence-electron chi connectivity index (χ1n) is 6.11. The quantitative estimate of drug-likeness (QED) is 0.779. The van der Waals surface area contributed by atoms with Crippen LogP contribution in [0, 0.1) is 0 Å². The van der Waals surface area contributed by atoms with Gasteiger partial charge in [-0.2, -0.15) is 0 Å². The van der Waals surface area contributed by atoms with Gasteiger partial charge in [-0.25, -0.2) is 4.98 Å². The van der Waals surface area contributed by atoms with Gasteiger partial charge in [-0.05, 0) is 24.3 Å². The lowest BCUT2D eigenvalue weighted by atomic mass is 10.2. The van der Waals surface area contributed by atoms with E-state index in [0.29, 0.717) is 0 Å². The number of rotatable bonds is 3. The van der Waals surface area contributed by atoms with Gasteiger partial charge in [-0.1, -0.05) is 12.1 Å². The van der Waals surface area contributed by atoms with Crippen LogP contribution in [-0.2, 0) is 0 Å². The third-order valence-corrected chi connectivity index (χ3v) is 3.14. The van der Waals surface area contributed by atoms with Gasteiger partial charge >= 0.3 is 0 Å². The molecule has 0 aliphatic heterocycles. The molecule has 19 heavy (non-hydrogen) atoms. The van der Waals surface area contributed by atoms with Gasteiger partial charge < -0.3 is 10.1 Å². The number of ether oxygens (including phenoxy) is 1. The fraction of sp³-hybridized carbons (Fsp3) is 0.133. The molecule has 3 aromatic rings. The molecule has 1 N–H and O–H groups in total. The van der Waals surface area contributed by atoms with Crippen molar-refractivity contribution in [2.24, 2.45) is 0 Å². The van der Waals surface area contributed by atoms with Crippen LogP contribution in [0.25, 0.3) is 16.9 Å². The largest absolute Gasteiger partial charge is 0.497 e. The summed E-state index contributed by atoms with van der Waals surface area (Å²) in [6.07, 6.45) is 3.91. The second kappa shape index (κ2) is 4.65. The molecular weight excluding hydrogens is 238 g/mol. The zero-order valence-electron chi connectivity index (χ0n) is 10.9. The standard InChI is InChI=1S/C15H15N3O/c1-16-12-6-7-13-9-17-15(18(13)10-12)11-4-3-5-14(8-11)19-2/h3-10,16H,1-2H3. The van der Waals surface area contributed by atoms with Gasteiger partial charge in [0.2, 0.25) is 0 Å². The predicted molar refractivity (Wildman–Crippen MR) is 76.7 cm³/mol. The molecule has 96 valence electrons. The molecule has 0 bridgehead atoms. The highest BCUT2D eigenvalue weighted by molar-refractivity contribution is 5.65. The van der Waals surface area contributed by atoms with Crippen molar-refractivity contribution in [2.45, 2.75) is 0 Å². The number of nitrogens with one attached hydrogen (secondary N) is 1. The summed E-state index contributed by atoms with van der Waals surface area (Å²) in [4.78, 5) is 4.50. The maximum Gasteiger partial charge on any atom is 0.144 e. The van der Waals surface area contributed by atoms with Crippen LogP contribution in [-0.4, -0.2) is 23.5 Å². The van der Waals surface area contributed by atoms with Crippen LogP contribution in [0.5, 0.6) is 5.75 Å². The molecule has 0 saturated heterocycles. The molecule has 0 amide bonds. The molecular formula is C15H15N3O. The van der Waals surface area contributed by atoms with Crippen LogP contribution in [0.4, 0.5) is 5.69 Å². The number of pyridine rings is 1. The van der Waals surface area contributed by atoms with E-state index in [1.807, 2.05) is 55.8 Å². The number of imidazole rings is 1. The fourth-order valence-electron chi connectivity index (χ4n) is 2.11. The zero-order valence-corrected chi connectivity index (χ0v) is 10.9. The number of aromatic nitrogens is 2. The molecule has 2 aromatic heterocycles. The fourth-order valence-corrected chi connectivity index (χ4v) is 2.11. The Balaban J connectivity index is 2.18. The van der Waals surface area contributed by atoms with Crippen LogP contribution < -0.4 is 10.1 Å². The van der Waals surface area contributed by atoms with Crippen molar-refractivity contribution in [3.05, 3.63) is 48.8 Å². The monoisotopic (exact) mass is 253 g/mol. The summed E-state index contributed by atoms with van der Waals surface area (Å²) < 4.78 is 7.33. The molecule has 2 heterocycles. The number of benzene rings is 1. The van der Waals surface area contributed by atoms with E-state index in [1.165, 1.54) is 0 Å². The molecule has 0 unspecified atom stereocenters. The predicted octanol–water partition coefficient (Wildman–Crippen LogP) is 3.05. The first kappa shape index (κ1) is 11.6. The topological polar surface area (TPSA) is 38.6 Å². The second-order valence-electron chi connectivity index (χ2n) is 4.28. The maximum atomic E-state index is 5.26. The van der Waals surface area contributed by atoms with Gasteiger partial charge in [-0.3, -0.25) is 4.40 Å². The normalized spacial score (nSPS) is 10.6. The van der Waals surface area contributed by atoms with Crippen molar-refractivity contribution in [1.82, 2.24) is 9.38 Å². The Morgan fingerprint density at radius 1 is 1.21 bits per heavy atom. The molecule has 1 aromatic carbocycles. The van der Waals surface area contributed by atoms with Crippen molar-refractivity contribution in [3.8, 4) is 17.1 Å². The Morgan fingerprint density at radius 3 is 2.89 bits per heavy atom. The van der Waals surface area contributed by atoms with Gasteiger partial charge in [0.1, 0.15) is 11.6 Å². The summed E-state index contributed by atoms with van der Waals surface area (Å²) in [5.74, 6) is 1.74. The van der Waals surface area contributed by atoms with Gasteiger partial charge in [0.05, 0.1) is 24.5 Å². The number of hydrogen-bond acceptors (Lipinski definition) is 3. The lowest BCUT2D eigenvalue weighted by Crippen LogP contribution is -1.94. The number of methoxy groups -OCH3 is 1. The van der Waals surface area contributed by atoms with E-state index in [9.17, 15) is 0 Å². The molecule has 4 heteroatoms. The Kier molecular flexibility index (Phi) is 2.83. The second-order valence-corrected chi connectivity index (χ2v) is 4.28. The first-order valence-corrected chi connectivity index (χ1v) is 6.11. The molecule has 0 aliphatic rings. The van der Waals surface area contributed by atoms with Crippen LogP contribution in [0.3, 0.4) is 0 Å². The van der Waals surface area contributed by atoms with E-state index < -0.39 is 0 Å². The van der Waals surface area contributed by atoms with Crippen molar-refractivity contribution >= 4 is 11.2 Å². The summed E-state index contributed by atoms with van der Waals surface area (Å²) in [7, 11) is 3.57. The molecule has 0 radical (unpaired) electrons. The molecule has 0 saturated carbocycles.